The number of aliphatic carboxylic acids is 1. The van der Waals surface area contributed by atoms with Crippen LogP contribution in [0.5, 0.6) is 0 Å². The lowest BCUT2D eigenvalue weighted by Crippen LogP contribution is -2.56. The van der Waals surface area contributed by atoms with Crippen LogP contribution in [0.1, 0.15) is 38.3 Å². The first-order valence-corrected chi connectivity index (χ1v) is 11.9. The smallest absolute Gasteiger partial charge is 0.326 e. The highest BCUT2D eigenvalue weighted by Crippen LogP contribution is 2.04. The number of nitrogens with zero attached hydrogens (tertiary/aromatic N) is 3. The van der Waals surface area contributed by atoms with E-state index in [1.54, 1.807) is 0 Å². The standard InChI is InChI=1S/C21H38N12O5/c1-11(31-17(35)13(22)4-2-6-28-20(23)24)16(34)32-14(5-3-7-29-21(25)26)18(36)33-15(19(37)38)8-12-9-27-10-30-12/h9-11,13-15H,2-8,22H2,1H3,(H,27,30)(H,31,35)(H,32,34)(H,33,36)(H,37,38)(H4,23,24,28)(H4,25,26,29). The van der Waals surface area contributed by atoms with E-state index in [2.05, 4.69) is 35.9 Å². The fourth-order valence-corrected chi connectivity index (χ4v) is 3.19. The van der Waals surface area contributed by atoms with Gasteiger partial charge in [0, 0.05) is 31.4 Å². The highest BCUT2D eigenvalue weighted by molar-refractivity contribution is 5.93. The van der Waals surface area contributed by atoms with Crippen molar-refractivity contribution in [3.05, 3.63) is 18.2 Å². The third-order valence-corrected chi connectivity index (χ3v) is 5.23. The van der Waals surface area contributed by atoms with E-state index in [-0.39, 0.29) is 37.7 Å². The van der Waals surface area contributed by atoms with Crippen molar-refractivity contribution in [3.63, 3.8) is 0 Å². The molecule has 0 radical (unpaired) electrons. The normalized spacial score (nSPS) is 13.7. The van der Waals surface area contributed by atoms with Crippen molar-refractivity contribution in [2.75, 3.05) is 13.1 Å². The molecule has 38 heavy (non-hydrogen) atoms. The number of guanidine groups is 2. The minimum atomic E-state index is -1.28. The number of nitrogens with two attached hydrogens (primary N) is 5. The summed E-state index contributed by atoms with van der Waals surface area (Å²) in [4.78, 5) is 64.0. The SMILES string of the molecule is CC(NC(=O)C(N)CCCN=C(N)N)C(=O)NC(CCCN=C(N)N)C(=O)NC(Cc1cnc[nH]1)C(=O)O. The number of aromatic nitrogens is 2. The predicted molar refractivity (Wildman–Crippen MR) is 139 cm³/mol. The van der Waals surface area contributed by atoms with E-state index < -0.39 is 47.9 Å². The maximum atomic E-state index is 13.0. The van der Waals surface area contributed by atoms with E-state index in [4.69, 9.17) is 28.7 Å². The number of hydrogen-bond donors (Lipinski definition) is 10. The number of rotatable bonds is 17. The van der Waals surface area contributed by atoms with E-state index in [0.29, 0.717) is 25.1 Å². The number of carboxylic acid groups (broad SMARTS) is 1. The topological polar surface area (TPSA) is 308 Å². The number of imidazole rings is 1. The molecule has 0 saturated heterocycles. The number of nitrogens with one attached hydrogen (secondary N) is 4. The number of hydrogen-bond acceptors (Lipinski definition) is 8. The van der Waals surface area contributed by atoms with E-state index in [1.165, 1.54) is 19.4 Å². The quantitative estimate of drug-likeness (QED) is 0.0516. The Morgan fingerprint density at radius 1 is 0.921 bits per heavy atom. The first-order chi connectivity index (χ1) is 17.9. The van der Waals surface area contributed by atoms with Crippen molar-refractivity contribution in [2.24, 2.45) is 38.7 Å². The summed E-state index contributed by atoms with van der Waals surface area (Å²) >= 11 is 0. The summed E-state index contributed by atoms with van der Waals surface area (Å²) in [6, 6.07) is -4.36. The Morgan fingerprint density at radius 2 is 1.50 bits per heavy atom. The fraction of sp³-hybridized carbons (Fsp3) is 0.571. The molecule has 15 N–H and O–H groups in total. The highest BCUT2D eigenvalue weighted by atomic mass is 16.4. The zero-order chi connectivity index (χ0) is 28.7. The van der Waals surface area contributed by atoms with Crippen LogP contribution >= 0.6 is 0 Å². The lowest BCUT2D eigenvalue weighted by Gasteiger charge is -2.23. The molecular formula is C21H38N12O5. The summed E-state index contributed by atoms with van der Waals surface area (Å²) in [6.45, 7) is 1.90. The van der Waals surface area contributed by atoms with Crippen molar-refractivity contribution in [2.45, 2.75) is 63.2 Å². The van der Waals surface area contributed by atoms with Crippen LogP contribution < -0.4 is 44.6 Å². The van der Waals surface area contributed by atoms with Crippen molar-refractivity contribution >= 4 is 35.6 Å². The van der Waals surface area contributed by atoms with Crippen LogP contribution in [0.4, 0.5) is 0 Å². The number of aliphatic imine (C=N–C) groups is 2. The first-order valence-electron chi connectivity index (χ1n) is 11.9. The molecule has 1 aromatic rings. The number of carboxylic acids is 1. The maximum absolute atomic E-state index is 13.0. The van der Waals surface area contributed by atoms with E-state index in [9.17, 15) is 24.3 Å². The van der Waals surface area contributed by atoms with Gasteiger partial charge in [0.15, 0.2) is 11.9 Å². The van der Waals surface area contributed by atoms with Gasteiger partial charge in [-0.25, -0.2) is 9.78 Å². The molecule has 0 bridgehead atoms. The van der Waals surface area contributed by atoms with Crippen LogP contribution in [0, 0.1) is 0 Å². The molecule has 0 aromatic carbocycles. The summed E-state index contributed by atoms with van der Waals surface area (Å²) in [6.07, 6.45) is 3.89. The van der Waals surface area contributed by atoms with Crippen molar-refractivity contribution < 1.29 is 24.3 Å². The molecule has 0 aliphatic rings. The van der Waals surface area contributed by atoms with Gasteiger partial charge in [0.1, 0.15) is 18.1 Å². The van der Waals surface area contributed by atoms with Gasteiger partial charge < -0.3 is 54.7 Å². The Morgan fingerprint density at radius 3 is 2.03 bits per heavy atom. The molecule has 0 saturated carbocycles. The molecule has 17 heteroatoms. The van der Waals surface area contributed by atoms with Gasteiger partial charge in [-0.3, -0.25) is 24.4 Å². The van der Waals surface area contributed by atoms with Gasteiger partial charge in [-0.2, -0.15) is 0 Å². The van der Waals surface area contributed by atoms with E-state index in [1.807, 2.05) is 0 Å². The Balaban J connectivity index is 2.79. The molecule has 212 valence electrons. The molecule has 0 fully saturated rings. The minimum Gasteiger partial charge on any atom is -0.480 e. The predicted octanol–water partition coefficient (Wildman–Crippen LogP) is -4.05. The Hall–Kier alpha value is -4.41. The second kappa shape index (κ2) is 16.4. The third-order valence-electron chi connectivity index (χ3n) is 5.23. The summed E-state index contributed by atoms with van der Waals surface area (Å²) in [5, 5.41) is 17.0. The summed E-state index contributed by atoms with van der Waals surface area (Å²) in [5.41, 5.74) is 27.5. The third kappa shape index (κ3) is 12.5. The summed E-state index contributed by atoms with van der Waals surface area (Å²) in [5.74, 6) is -3.45. The van der Waals surface area contributed by atoms with Crippen LogP contribution in [-0.2, 0) is 25.6 Å². The molecule has 0 aliphatic carbocycles. The second-order valence-corrected chi connectivity index (χ2v) is 8.48. The average Bonchev–Trinajstić information content (AvgIpc) is 3.35. The molecule has 0 aliphatic heterocycles. The summed E-state index contributed by atoms with van der Waals surface area (Å²) < 4.78 is 0. The fourth-order valence-electron chi connectivity index (χ4n) is 3.19. The van der Waals surface area contributed by atoms with Crippen LogP contribution in [0.25, 0.3) is 0 Å². The molecule has 4 unspecified atom stereocenters. The number of amides is 3. The first kappa shape index (κ1) is 31.6. The van der Waals surface area contributed by atoms with Gasteiger partial charge in [-0.1, -0.05) is 0 Å². The molecule has 4 atom stereocenters. The zero-order valence-electron chi connectivity index (χ0n) is 21.2. The lowest BCUT2D eigenvalue weighted by molar-refractivity contribution is -0.142. The molecule has 17 nitrogen and oxygen atoms in total. The lowest BCUT2D eigenvalue weighted by atomic mass is 10.1. The van der Waals surface area contributed by atoms with Crippen LogP contribution in [-0.4, -0.2) is 87.9 Å². The van der Waals surface area contributed by atoms with Gasteiger partial charge in [0.25, 0.3) is 0 Å². The molecule has 0 spiro atoms. The van der Waals surface area contributed by atoms with Gasteiger partial charge >= 0.3 is 5.97 Å². The second-order valence-electron chi connectivity index (χ2n) is 8.48. The van der Waals surface area contributed by atoms with Crippen molar-refractivity contribution in [1.82, 2.24) is 25.9 Å². The van der Waals surface area contributed by atoms with Crippen molar-refractivity contribution in [3.8, 4) is 0 Å². The number of carbonyl (C=O) groups excluding carboxylic acids is 3. The maximum Gasteiger partial charge on any atom is 0.326 e. The summed E-state index contributed by atoms with van der Waals surface area (Å²) in [7, 11) is 0. The molecule has 1 rings (SSSR count). The van der Waals surface area contributed by atoms with Gasteiger partial charge in [0.05, 0.1) is 12.4 Å². The molecule has 1 aromatic heterocycles. The Kier molecular flexibility index (Phi) is 13.6. The molecule has 1 heterocycles. The van der Waals surface area contributed by atoms with E-state index in [0.717, 1.165) is 0 Å². The van der Waals surface area contributed by atoms with Gasteiger partial charge in [0.2, 0.25) is 17.7 Å². The molecular weight excluding hydrogens is 500 g/mol. The number of aromatic amines is 1. The molecule has 3 amide bonds. The zero-order valence-corrected chi connectivity index (χ0v) is 21.2. The van der Waals surface area contributed by atoms with Crippen LogP contribution in [0.2, 0.25) is 0 Å². The van der Waals surface area contributed by atoms with Gasteiger partial charge in [-0.15, -0.1) is 0 Å². The Labute approximate surface area is 219 Å². The van der Waals surface area contributed by atoms with Gasteiger partial charge in [-0.05, 0) is 32.6 Å². The van der Waals surface area contributed by atoms with E-state index >= 15 is 0 Å². The Bertz CT molecular complexity index is 973. The average molecular weight is 539 g/mol. The highest BCUT2D eigenvalue weighted by Gasteiger charge is 2.29. The number of H-pyrrole nitrogens is 1. The monoisotopic (exact) mass is 538 g/mol. The number of carbonyl (C=O) groups is 4. The van der Waals surface area contributed by atoms with Crippen LogP contribution in [0.15, 0.2) is 22.5 Å². The minimum absolute atomic E-state index is 0.0523. The van der Waals surface area contributed by atoms with Crippen molar-refractivity contribution in [1.29, 1.82) is 0 Å². The largest absolute Gasteiger partial charge is 0.480 e. The van der Waals surface area contributed by atoms with Crippen LogP contribution in [0.3, 0.4) is 0 Å².